The van der Waals surface area contributed by atoms with Crippen LogP contribution in [0.3, 0.4) is 0 Å². The second-order valence-electron chi connectivity index (χ2n) is 7.05. The summed E-state index contributed by atoms with van der Waals surface area (Å²) in [5, 5.41) is 13.9. The molecule has 3 rings (SSSR count). The molecule has 1 saturated heterocycles. The van der Waals surface area contributed by atoms with Crippen LogP contribution in [0.15, 0.2) is 24.3 Å². The van der Waals surface area contributed by atoms with Crippen molar-refractivity contribution in [2.24, 2.45) is 5.41 Å². The normalized spacial score (nSPS) is 21.5. The monoisotopic (exact) mass is 318 g/mol. The lowest BCUT2D eigenvalue weighted by atomic mass is 9.78. The highest BCUT2D eigenvalue weighted by Gasteiger charge is 2.58. The molecule has 0 atom stereocenters. The van der Waals surface area contributed by atoms with Crippen molar-refractivity contribution in [3.05, 3.63) is 29.8 Å². The first-order valence-corrected chi connectivity index (χ1v) is 8.32. The summed E-state index contributed by atoms with van der Waals surface area (Å²) in [5.41, 5.74) is 0.880. The van der Waals surface area contributed by atoms with Crippen molar-refractivity contribution in [1.82, 2.24) is 5.32 Å². The Morgan fingerprint density at radius 1 is 1.17 bits per heavy atom. The molecule has 1 heterocycles. The molecule has 5 heteroatoms. The van der Waals surface area contributed by atoms with Crippen LogP contribution in [0.5, 0.6) is 0 Å². The van der Waals surface area contributed by atoms with E-state index >= 15 is 0 Å². The Hall–Kier alpha value is -1.59. The van der Waals surface area contributed by atoms with Gasteiger partial charge in [0.15, 0.2) is 0 Å². The fourth-order valence-electron chi connectivity index (χ4n) is 3.46. The number of amides is 1. The second kappa shape index (κ2) is 6.13. The van der Waals surface area contributed by atoms with Gasteiger partial charge in [-0.15, -0.1) is 0 Å². The molecule has 1 saturated carbocycles. The average Bonchev–Trinajstić information content (AvgIpc) is 3.35. The molecule has 23 heavy (non-hydrogen) atoms. The van der Waals surface area contributed by atoms with Gasteiger partial charge >= 0.3 is 0 Å². The van der Waals surface area contributed by atoms with Crippen LogP contribution in [-0.4, -0.2) is 50.5 Å². The van der Waals surface area contributed by atoms with Crippen LogP contribution in [0.2, 0.25) is 0 Å². The van der Waals surface area contributed by atoms with Crippen molar-refractivity contribution in [3.8, 4) is 0 Å². The molecule has 1 aromatic rings. The summed E-state index contributed by atoms with van der Waals surface area (Å²) in [6, 6.07) is 7.56. The van der Waals surface area contributed by atoms with E-state index in [-0.39, 0.29) is 11.3 Å². The van der Waals surface area contributed by atoms with E-state index < -0.39 is 5.60 Å². The molecule has 1 amide bonds. The van der Waals surface area contributed by atoms with E-state index in [1.54, 1.807) is 0 Å². The van der Waals surface area contributed by atoms with E-state index in [4.69, 9.17) is 4.74 Å². The number of hydrogen-bond acceptors (Lipinski definition) is 4. The van der Waals surface area contributed by atoms with Crippen LogP contribution in [0.1, 0.15) is 36.0 Å². The minimum atomic E-state index is -0.687. The zero-order valence-corrected chi connectivity index (χ0v) is 14.0. The number of carbonyl (C=O) groups excluding carboxylic acids is 1. The third-order valence-corrected chi connectivity index (χ3v) is 5.39. The van der Waals surface area contributed by atoms with E-state index in [2.05, 4.69) is 5.32 Å². The Morgan fingerprint density at radius 3 is 2.30 bits per heavy atom. The lowest BCUT2D eigenvalue weighted by Crippen LogP contribution is -2.49. The summed E-state index contributed by atoms with van der Waals surface area (Å²) in [5.74, 6) is -0.0720. The topological polar surface area (TPSA) is 61.8 Å². The van der Waals surface area contributed by atoms with Crippen molar-refractivity contribution >= 4 is 11.6 Å². The number of rotatable bonds is 5. The first kappa shape index (κ1) is 16.3. The second-order valence-corrected chi connectivity index (χ2v) is 7.05. The summed E-state index contributed by atoms with van der Waals surface area (Å²) >= 11 is 0. The standard InChI is InChI=1S/C18H26N2O3/c1-20(2)15-5-3-14(4-6-15)16(21)19-13-17(7-8-17)18(22)9-11-23-12-10-18/h3-6,22H,7-13H2,1-2H3,(H,19,21). The Labute approximate surface area is 137 Å². The number of ether oxygens (including phenoxy) is 1. The van der Waals surface area contributed by atoms with Gasteiger partial charge in [-0.1, -0.05) is 0 Å². The van der Waals surface area contributed by atoms with E-state index in [0.29, 0.717) is 38.2 Å². The van der Waals surface area contributed by atoms with Gasteiger partial charge in [0.2, 0.25) is 0 Å². The molecule has 1 aromatic carbocycles. The van der Waals surface area contributed by atoms with Gasteiger partial charge in [-0.05, 0) is 37.1 Å². The molecule has 0 radical (unpaired) electrons. The van der Waals surface area contributed by atoms with Crippen molar-refractivity contribution in [2.75, 3.05) is 38.8 Å². The van der Waals surface area contributed by atoms with E-state index in [1.807, 2.05) is 43.3 Å². The molecule has 0 aromatic heterocycles. The van der Waals surface area contributed by atoms with Crippen LogP contribution in [0, 0.1) is 5.41 Å². The number of benzene rings is 1. The Morgan fingerprint density at radius 2 is 1.78 bits per heavy atom. The molecule has 2 fully saturated rings. The molecular weight excluding hydrogens is 292 g/mol. The number of aliphatic hydroxyl groups is 1. The van der Waals surface area contributed by atoms with E-state index in [0.717, 1.165) is 18.5 Å². The van der Waals surface area contributed by atoms with Gasteiger partial charge in [0.1, 0.15) is 0 Å². The first-order valence-electron chi connectivity index (χ1n) is 8.32. The predicted molar refractivity (Wildman–Crippen MR) is 89.8 cm³/mol. The molecule has 1 aliphatic carbocycles. The molecule has 2 aliphatic rings. The summed E-state index contributed by atoms with van der Waals surface area (Å²) in [6.07, 6.45) is 3.29. The third kappa shape index (κ3) is 3.21. The lowest BCUT2D eigenvalue weighted by Gasteiger charge is -2.39. The zero-order chi connectivity index (χ0) is 16.5. The third-order valence-electron chi connectivity index (χ3n) is 5.39. The zero-order valence-electron chi connectivity index (χ0n) is 14.0. The minimum absolute atomic E-state index is 0.0720. The maximum Gasteiger partial charge on any atom is 0.251 e. The highest BCUT2D eigenvalue weighted by Crippen LogP contribution is 2.57. The SMILES string of the molecule is CN(C)c1ccc(C(=O)NCC2(C3(O)CCOCC3)CC2)cc1. The molecule has 126 valence electrons. The van der Waals surface area contributed by atoms with Crippen LogP contribution < -0.4 is 10.2 Å². The Balaban J connectivity index is 1.60. The average molecular weight is 318 g/mol. The van der Waals surface area contributed by atoms with Gasteiger partial charge in [0.25, 0.3) is 5.91 Å². The summed E-state index contributed by atoms with van der Waals surface area (Å²) in [7, 11) is 3.95. The number of carbonyl (C=O) groups is 1. The van der Waals surface area contributed by atoms with Gasteiger partial charge in [-0.25, -0.2) is 0 Å². The van der Waals surface area contributed by atoms with E-state index in [9.17, 15) is 9.90 Å². The van der Waals surface area contributed by atoms with Crippen molar-refractivity contribution < 1.29 is 14.6 Å². The Kier molecular flexibility index (Phi) is 4.34. The summed E-state index contributed by atoms with van der Waals surface area (Å²) < 4.78 is 5.36. The molecule has 5 nitrogen and oxygen atoms in total. The van der Waals surface area contributed by atoms with Crippen LogP contribution in [0.4, 0.5) is 5.69 Å². The first-order chi connectivity index (χ1) is 11.0. The van der Waals surface area contributed by atoms with Gasteiger partial charge in [-0.3, -0.25) is 4.79 Å². The molecule has 0 spiro atoms. The molecule has 2 N–H and O–H groups in total. The van der Waals surface area contributed by atoms with Gasteiger partial charge < -0.3 is 20.1 Å². The van der Waals surface area contributed by atoms with E-state index in [1.165, 1.54) is 0 Å². The van der Waals surface area contributed by atoms with Crippen LogP contribution in [0.25, 0.3) is 0 Å². The number of nitrogens with zero attached hydrogens (tertiary/aromatic N) is 1. The highest BCUT2D eigenvalue weighted by molar-refractivity contribution is 5.94. The van der Waals surface area contributed by atoms with Crippen LogP contribution >= 0.6 is 0 Å². The fourth-order valence-corrected chi connectivity index (χ4v) is 3.46. The number of anilines is 1. The van der Waals surface area contributed by atoms with Crippen LogP contribution in [-0.2, 0) is 4.74 Å². The highest BCUT2D eigenvalue weighted by atomic mass is 16.5. The summed E-state index contributed by atoms with van der Waals surface area (Å²) in [6.45, 7) is 1.76. The largest absolute Gasteiger partial charge is 0.389 e. The predicted octanol–water partition coefficient (Wildman–Crippen LogP) is 1.80. The number of nitrogens with one attached hydrogen (secondary N) is 1. The molecule has 0 bridgehead atoms. The Bertz CT molecular complexity index is 558. The molecule has 1 aliphatic heterocycles. The maximum absolute atomic E-state index is 12.4. The molecule has 0 unspecified atom stereocenters. The molecular formula is C18H26N2O3. The maximum atomic E-state index is 12.4. The van der Waals surface area contributed by atoms with Crippen molar-refractivity contribution in [3.63, 3.8) is 0 Å². The summed E-state index contributed by atoms with van der Waals surface area (Å²) in [4.78, 5) is 14.4. The minimum Gasteiger partial charge on any atom is -0.389 e. The quantitative estimate of drug-likeness (QED) is 0.869. The van der Waals surface area contributed by atoms with Gasteiger partial charge in [0, 0.05) is 63.4 Å². The van der Waals surface area contributed by atoms with Gasteiger partial charge in [-0.2, -0.15) is 0 Å². The van der Waals surface area contributed by atoms with Gasteiger partial charge in [0.05, 0.1) is 5.60 Å². The van der Waals surface area contributed by atoms with Crippen molar-refractivity contribution in [1.29, 1.82) is 0 Å². The number of hydrogen-bond donors (Lipinski definition) is 2. The smallest absolute Gasteiger partial charge is 0.251 e. The fraction of sp³-hybridized carbons (Fsp3) is 0.611. The van der Waals surface area contributed by atoms with Crippen molar-refractivity contribution in [2.45, 2.75) is 31.3 Å². The lowest BCUT2D eigenvalue weighted by molar-refractivity contribution is -0.108.